The van der Waals surface area contributed by atoms with Crippen LogP contribution in [0.5, 0.6) is 0 Å². The molecule has 1 aliphatic carbocycles. The third-order valence-corrected chi connectivity index (χ3v) is 7.79. The van der Waals surface area contributed by atoms with Crippen LogP contribution in [-0.2, 0) is 0 Å². The number of hydrogen-bond acceptors (Lipinski definition) is 4. The highest BCUT2D eigenvalue weighted by Gasteiger charge is 2.21. The Morgan fingerprint density at radius 2 is 2.08 bits per heavy atom. The van der Waals surface area contributed by atoms with E-state index < -0.39 is 0 Å². The highest BCUT2D eigenvalue weighted by Crippen LogP contribution is 2.40. The average Bonchev–Trinajstić information content (AvgIpc) is 3.21. The quantitative estimate of drug-likeness (QED) is 0.523. The van der Waals surface area contributed by atoms with E-state index in [0.29, 0.717) is 0 Å². The van der Waals surface area contributed by atoms with E-state index in [1.54, 1.807) is 22.7 Å². The van der Waals surface area contributed by atoms with Crippen LogP contribution in [0.1, 0.15) is 55.1 Å². The van der Waals surface area contributed by atoms with Crippen molar-refractivity contribution < 1.29 is 0 Å². The lowest BCUT2D eigenvalue weighted by Gasteiger charge is -2.23. The second-order valence-electron chi connectivity index (χ2n) is 7.11. The molecule has 2 aromatic heterocycles. The smallest absolute Gasteiger partial charge is 0.110 e. The van der Waals surface area contributed by atoms with Crippen LogP contribution in [0, 0.1) is 12.8 Å². The predicted molar refractivity (Wildman–Crippen MR) is 111 cm³/mol. The Kier molecular flexibility index (Phi) is 5.14. The van der Waals surface area contributed by atoms with Crippen molar-refractivity contribution in [1.82, 2.24) is 4.98 Å². The molecule has 1 aromatic carbocycles. The van der Waals surface area contributed by atoms with Crippen molar-refractivity contribution in [3.8, 4) is 10.6 Å². The van der Waals surface area contributed by atoms with Gasteiger partial charge in [0.2, 0.25) is 0 Å². The zero-order chi connectivity index (χ0) is 17.4. The van der Waals surface area contributed by atoms with Crippen LogP contribution in [0.15, 0.2) is 23.6 Å². The third kappa shape index (κ3) is 3.63. The van der Waals surface area contributed by atoms with Gasteiger partial charge in [0, 0.05) is 15.1 Å². The summed E-state index contributed by atoms with van der Waals surface area (Å²) < 4.78 is 1.26. The number of thiazole rings is 1. The molecule has 2 nitrogen and oxygen atoms in total. The summed E-state index contributed by atoms with van der Waals surface area (Å²) >= 11 is 9.66. The molecule has 25 heavy (non-hydrogen) atoms. The average molecular weight is 391 g/mol. The molecular formula is C20H23ClN2S2. The van der Waals surface area contributed by atoms with Gasteiger partial charge in [-0.05, 0) is 48.4 Å². The van der Waals surface area contributed by atoms with Gasteiger partial charge in [0.1, 0.15) is 5.01 Å². The van der Waals surface area contributed by atoms with Crippen LogP contribution in [0.4, 0.5) is 0 Å². The predicted octanol–water partition coefficient (Wildman–Crippen LogP) is 6.96. The van der Waals surface area contributed by atoms with Gasteiger partial charge >= 0.3 is 0 Å². The molecule has 0 bridgehead atoms. The molecule has 3 aromatic rings. The summed E-state index contributed by atoms with van der Waals surface area (Å²) in [4.78, 5) is 6.14. The molecule has 1 aliphatic rings. The van der Waals surface area contributed by atoms with Crippen molar-refractivity contribution in [2.45, 2.75) is 51.5 Å². The zero-order valence-corrected chi connectivity index (χ0v) is 16.8. The van der Waals surface area contributed by atoms with Crippen molar-refractivity contribution in [2.24, 2.45) is 11.7 Å². The monoisotopic (exact) mass is 390 g/mol. The first kappa shape index (κ1) is 17.5. The number of nitrogens with two attached hydrogens (primary N) is 1. The number of aromatic nitrogens is 1. The van der Waals surface area contributed by atoms with Crippen LogP contribution < -0.4 is 5.73 Å². The zero-order valence-electron chi connectivity index (χ0n) is 14.4. The van der Waals surface area contributed by atoms with Crippen molar-refractivity contribution >= 4 is 44.4 Å². The summed E-state index contributed by atoms with van der Waals surface area (Å²) in [5, 5.41) is 5.26. The minimum absolute atomic E-state index is 0.0750. The minimum Gasteiger partial charge on any atom is -0.322 e. The first-order valence-electron chi connectivity index (χ1n) is 9.02. The van der Waals surface area contributed by atoms with E-state index in [1.165, 1.54) is 52.6 Å². The number of rotatable bonds is 4. The lowest BCUT2D eigenvalue weighted by atomic mass is 9.85. The summed E-state index contributed by atoms with van der Waals surface area (Å²) in [6.45, 7) is 2.16. The van der Waals surface area contributed by atoms with E-state index in [4.69, 9.17) is 22.3 Å². The Hall–Kier alpha value is -0.940. The summed E-state index contributed by atoms with van der Waals surface area (Å²) in [5.41, 5.74) is 8.81. The van der Waals surface area contributed by atoms with Gasteiger partial charge in [0.15, 0.2) is 0 Å². The van der Waals surface area contributed by atoms with Crippen molar-refractivity contribution in [3.05, 3.63) is 39.2 Å². The standard InChI is InChI=1S/C20H23ClN2S2/c1-12-15-10-14(21)7-8-18(15)25-19(12)17-11-24-20(23-17)16(22)9-13-5-3-2-4-6-13/h7-8,10-11,13,16H,2-6,9,22H2,1H3. The largest absolute Gasteiger partial charge is 0.322 e. The fourth-order valence-electron chi connectivity index (χ4n) is 3.88. The second-order valence-corrected chi connectivity index (χ2v) is 9.49. The van der Waals surface area contributed by atoms with Crippen LogP contribution >= 0.6 is 34.3 Å². The number of nitrogens with zero attached hydrogens (tertiary/aromatic N) is 1. The third-order valence-electron chi connectivity index (χ3n) is 5.28. The van der Waals surface area contributed by atoms with Gasteiger partial charge in [-0.25, -0.2) is 4.98 Å². The molecule has 132 valence electrons. The molecule has 0 spiro atoms. The second kappa shape index (κ2) is 7.36. The maximum Gasteiger partial charge on any atom is 0.110 e. The van der Waals surface area contributed by atoms with Gasteiger partial charge in [0.25, 0.3) is 0 Å². The first-order valence-corrected chi connectivity index (χ1v) is 11.1. The first-order chi connectivity index (χ1) is 12.1. The van der Waals surface area contributed by atoms with Gasteiger partial charge in [0.05, 0.1) is 16.6 Å². The number of aryl methyl sites for hydroxylation is 1. The van der Waals surface area contributed by atoms with Gasteiger partial charge in [-0.3, -0.25) is 0 Å². The van der Waals surface area contributed by atoms with E-state index in [0.717, 1.165) is 28.1 Å². The SMILES string of the molecule is Cc1c(-c2csc(C(N)CC3CCCCC3)n2)sc2ccc(Cl)cc12. The Labute approximate surface area is 162 Å². The van der Waals surface area contributed by atoms with Gasteiger partial charge in [-0.15, -0.1) is 22.7 Å². The van der Waals surface area contributed by atoms with Gasteiger partial charge < -0.3 is 5.73 Å². The molecule has 1 atom stereocenters. The molecule has 1 unspecified atom stereocenters. The fraction of sp³-hybridized carbons (Fsp3) is 0.450. The van der Waals surface area contributed by atoms with Crippen LogP contribution in [0.3, 0.4) is 0 Å². The molecule has 0 saturated heterocycles. The fourth-order valence-corrected chi connectivity index (χ4v) is 6.10. The van der Waals surface area contributed by atoms with Gasteiger partial charge in [-0.2, -0.15) is 0 Å². The molecule has 0 amide bonds. The minimum atomic E-state index is 0.0750. The molecule has 2 N–H and O–H groups in total. The van der Waals surface area contributed by atoms with Gasteiger partial charge in [-0.1, -0.05) is 43.7 Å². The van der Waals surface area contributed by atoms with Crippen LogP contribution in [-0.4, -0.2) is 4.98 Å². The highest BCUT2D eigenvalue weighted by atomic mass is 35.5. The molecule has 1 saturated carbocycles. The number of halogens is 1. The number of hydrogen-bond donors (Lipinski definition) is 1. The molecule has 5 heteroatoms. The lowest BCUT2D eigenvalue weighted by molar-refractivity contribution is 0.319. The molecule has 0 aliphatic heterocycles. The maximum absolute atomic E-state index is 6.48. The van der Waals surface area contributed by atoms with Crippen LogP contribution in [0.2, 0.25) is 5.02 Å². The summed E-state index contributed by atoms with van der Waals surface area (Å²) in [6, 6.07) is 6.18. The molecular weight excluding hydrogens is 368 g/mol. The molecule has 4 rings (SSSR count). The number of fused-ring (bicyclic) bond motifs is 1. The topological polar surface area (TPSA) is 38.9 Å². The summed E-state index contributed by atoms with van der Waals surface area (Å²) in [5.74, 6) is 0.782. The van der Waals surface area contributed by atoms with E-state index in [1.807, 2.05) is 12.1 Å². The lowest BCUT2D eigenvalue weighted by Crippen LogP contribution is -2.17. The number of benzene rings is 1. The van der Waals surface area contributed by atoms with Crippen molar-refractivity contribution in [1.29, 1.82) is 0 Å². The summed E-state index contributed by atoms with van der Waals surface area (Å²) in [6.07, 6.45) is 7.87. The summed E-state index contributed by atoms with van der Waals surface area (Å²) in [7, 11) is 0. The van der Waals surface area contributed by atoms with E-state index in [2.05, 4.69) is 18.4 Å². The van der Waals surface area contributed by atoms with Crippen LogP contribution in [0.25, 0.3) is 20.7 Å². The normalized spacial score (nSPS) is 17.2. The highest BCUT2D eigenvalue weighted by molar-refractivity contribution is 7.22. The van der Waals surface area contributed by atoms with Crippen molar-refractivity contribution in [3.63, 3.8) is 0 Å². The van der Waals surface area contributed by atoms with E-state index in [9.17, 15) is 0 Å². The Balaban J connectivity index is 1.57. The Morgan fingerprint density at radius 1 is 1.28 bits per heavy atom. The molecule has 2 heterocycles. The number of thiophene rings is 1. The Bertz CT molecular complexity index is 877. The van der Waals surface area contributed by atoms with E-state index in [-0.39, 0.29) is 6.04 Å². The maximum atomic E-state index is 6.48. The van der Waals surface area contributed by atoms with Crippen molar-refractivity contribution in [2.75, 3.05) is 0 Å². The Morgan fingerprint density at radius 3 is 2.88 bits per heavy atom. The molecule has 0 radical (unpaired) electrons. The molecule has 1 fully saturated rings. The van der Waals surface area contributed by atoms with E-state index >= 15 is 0 Å².